The average Bonchev–Trinajstić information content (AvgIpc) is 3.07. The number of rotatable bonds is 2. The summed E-state index contributed by atoms with van der Waals surface area (Å²) in [4.78, 5) is 20.1. The number of hydrogen-bond acceptors (Lipinski definition) is 4. The zero-order valence-electron chi connectivity index (χ0n) is 16.4. The van der Waals surface area contributed by atoms with E-state index in [-0.39, 0.29) is 11.8 Å². The third-order valence-electron chi connectivity index (χ3n) is 5.43. The molecule has 0 saturated carbocycles. The SMILES string of the molecule is Cc1cc(C)c2nc(C)cc(C(=O)N3CCC[C@H](c4nncn4C)C3)c2c1. The molecule has 1 saturated heterocycles. The van der Waals surface area contributed by atoms with Gasteiger partial charge in [-0.1, -0.05) is 11.6 Å². The van der Waals surface area contributed by atoms with Crippen molar-refractivity contribution < 1.29 is 4.79 Å². The molecule has 6 nitrogen and oxygen atoms in total. The predicted octanol–water partition coefficient (Wildman–Crippen LogP) is 3.31. The van der Waals surface area contributed by atoms with Gasteiger partial charge in [0.05, 0.1) is 11.1 Å². The van der Waals surface area contributed by atoms with Crippen molar-refractivity contribution in [3.05, 3.63) is 52.7 Å². The van der Waals surface area contributed by atoms with Crippen molar-refractivity contribution in [1.29, 1.82) is 0 Å². The molecule has 1 atom stereocenters. The molecule has 0 aliphatic carbocycles. The molecule has 1 amide bonds. The highest BCUT2D eigenvalue weighted by Gasteiger charge is 2.29. The summed E-state index contributed by atoms with van der Waals surface area (Å²) in [5.74, 6) is 1.27. The summed E-state index contributed by atoms with van der Waals surface area (Å²) in [6.45, 7) is 7.53. The Bertz CT molecular complexity index is 1020. The van der Waals surface area contributed by atoms with Crippen LogP contribution >= 0.6 is 0 Å². The summed E-state index contributed by atoms with van der Waals surface area (Å²) in [6.07, 6.45) is 3.73. The van der Waals surface area contributed by atoms with Gasteiger partial charge in [-0.25, -0.2) is 0 Å². The number of fused-ring (bicyclic) bond motifs is 1. The van der Waals surface area contributed by atoms with Crippen molar-refractivity contribution in [3.8, 4) is 0 Å². The Morgan fingerprint density at radius 2 is 2.00 bits per heavy atom. The molecule has 3 heterocycles. The standard InChI is InChI=1S/C21H25N5O/c1-13-8-14(2)19-17(9-13)18(10-15(3)23-19)21(27)26-7-5-6-16(11-26)20-24-22-12-25(20)4/h8-10,12,16H,5-7,11H2,1-4H3/t16-/m0/s1. The normalized spacial score (nSPS) is 17.5. The van der Waals surface area contributed by atoms with Crippen molar-refractivity contribution in [2.24, 2.45) is 7.05 Å². The molecule has 1 aromatic carbocycles. The van der Waals surface area contributed by atoms with E-state index in [1.807, 2.05) is 29.5 Å². The highest BCUT2D eigenvalue weighted by atomic mass is 16.2. The maximum atomic E-state index is 13.4. The number of likely N-dealkylation sites (tertiary alicyclic amines) is 1. The monoisotopic (exact) mass is 363 g/mol. The molecule has 1 aliphatic heterocycles. The van der Waals surface area contributed by atoms with Gasteiger partial charge >= 0.3 is 0 Å². The minimum Gasteiger partial charge on any atom is -0.338 e. The Kier molecular flexibility index (Phi) is 4.42. The van der Waals surface area contributed by atoms with Gasteiger partial charge in [-0.2, -0.15) is 0 Å². The van der Waals surface area contributed by atoms with Crippen LogP contribution in [0, 0.1) is 20.8 Å². The topological polar surface area (TPSA) is 63.9 Å². The van der Waals surface area contributed by atoms with Crippen LogP contribution in [0.2, 0.25) is 0 Å². The van der Waals surface area contributed by atoms with E-state index in [0.717, 1.165) is 58.5 Å². The number of piperidine rings is 1. The van der Waals surface area contributed by atoms with Gasteiger partial charge in [0.15, 0.2) is 0 Å². The lowest BCUT2D eigenvalue weighted by Gasteiger charge is -2.32. The summed E-state index contributed by atoms with van der Waals surface area (Å²) in [5.41, 5.74) is 4.81. The van der Waals surface area contributed by atoms with Gasteiger partial charge in [-0.05, 0) is 51.3 Å². The molecule has 27 heavy (non-hydrogen) atoms. The molecule has 2 aromatic heterocycles. The van der Waals surface area contributed by atoms with Gasteiger partial charge in [-0.3, -0.25) is 9.78 Å². The molecule has 3 aromatic rings. The van der Waals surface area contributed by atoms with Crippen molar-refractivity contribution >= 4 is 16.8 Å². The van der Waals surface area contributed by atoms with Crippen LogP contribution in [0.3, 0.4) is 0 Å². The first-order valence-corrected chi connectivity index (χ1v) is 9.46. The van der Waals surface area contributed by atoms with Crippen LogP contribution in [0.1, 0.15) is 51.8 Å². The first-order valence-electron chi connectivity index (χ1n) is 9.46. The van der Waals surface area contributed by atoms with Gasteiger partial charge in [0.1, 0.15) is 12.2 Å². The fraction of sp³-hybridized carbons (Fsp3) is 0.429. The number of carbonyl (C=O) groups is 1. The highest BCUT2D eigenvalue weighted by molar-refractivity contribution is 6.07. The van der Waals surface area contributed by atoms with Crippen molar-refractivity contribution in [2.45, 2.75) is 39.5 Å². The third-order valence-corrected chi connectivity index (χ3v) is 5.43. The van der Waals surface area contributed by atoms with Gasteiger partial charge in [0, 0.05) is 37.1 Å². The Morgan fingerprint density at radius 1 is 1.19 bits per heavy atom. The van der Waals surface area contributed by atoms with E-state index in [4.69, 9.17) is 0 Å². The lowest BCUT2D eigenvalue weighted by Crippen LogP contribution is -2.39. The van der Waals surface area contributed by atoms with Crippen molar-refractivity contribution in [2.75, 3.05) is 13.1 Å². The number of amides is 1. The summed E-state index contributed by atoms with van der Waals surface area (Å²) in [7, 11) is 1.96. The number of pyridine rings is 1. The predicted molar refractivity (Wildman–Crippen MR) is 105 cm³/mol. The van der Waals surface area contributed by atoms with Gasteiger partial charge in [0.25, 0.3) is 5.91 Å². The number of nitrogens with zero attached hydrogens (tertiary/aromatic N) is 5. The van der Waals surface area contributed by atoms with Crippen LogP contribution in [0.15, 0.2) is 24.5 Å². The Hall–Kier alpha value is -2.76. The molecule has 0 radical (unpaired) electrons. The number of hydrogen-bond donors (Lipinski definition) is 0. The Balaban J connectivity index is 1.71. The summed E-state index contributed by atoms with van der Waals surface area (Å²) >= 11 is 0. The molecule has 6 heteroatoms. The van der Waals surface area contributed by atoms with Crippen LogP contribution in [0.25, 0.3) is 10.9 Å². The van der Waals surface area contributed by atoms with Crippen LogP contribution in [0.4, 0.5) is 0 Å². The molecule has 1 fully saturated rings. The summed E-state index contributed by atoms with van der Waals surface area (Å²) in [5, 5.41) is 9.20. The second kappa shape index (κ2) is 6.76. The molecule has 0 bridgehead atoms. The van der Waals surface area contributed by atoms with Crippen LogP contribution in [0.5, 0.6) is 0 Å². The first-order chi connectivity index (χ1) is 12.9. The molecule has 1 aliphatic rings. The van der Waals surface area contributed by atoms with Gasteiger partial charge in [0.2, 0.25) is 0 Å². The zero-order chi connectivity index (χ0) is 19.1. The number of carbonyl (C=O) groups excluding carboxylic acids is 1. The number of aryl methyl sites for hydroxylation is 4. The molecule has 4 rings (SSSR count). The molecular weight excluding hydrogens is 338 g/mol. The maximum absolute atomic E-state index is 13.4. The smallest absolute Gasteiger partial charge is 0.254 e. The zero-order valence-corrected chi connectivity index (χ0v) is 16.4. The van der Waals surface area contributed by atoms with E-state index < -0.39 is 0 Å². The lowest BCUT2D eigenvalue weighted by molar-refractivity contribution is 0.0705. The molecule has 0 N–H and O–H groups in total. The highest BCUT2D eigenvalue weighted by Crippen LogP contribution is 2.29. The van der Waals surface area contributed by atoms with E-state index >= 15 is 0 Å². The minimum atomic E-state index is 0.0855. The Morgan fingerprint density at radius 3 is 2.74 bits per heavy atom. The van der Waals surface area contributed by atoms with Crippen LogP contribution in [-0.2, 0) is 7.05 Å². The van der Waals surface area contributed by atoms with Crippen LogP contribution in [-0.4, -0.2) is 43.6 Å². The molecule has 0 spiro atoms. The third kappa shape index (κ3) is 3.20. The Labute approximate surface area is 159 Å². The van der Waals surface area contributed by atoms with E-state index in [2.05, 4.69) is 41.2 Å². The van der Waals surface area contributed by atoms with E-state index in [0.29, 0.717) is 6.54 Å². The fourth-order valence-corrected chi connectivity index (χ4v) is 4.19. The molecular formula is C21H25N5O. The molecule has 140 valence electrons. The lowest BCUT2D eigenvalue weighted by atomic mass is 9.95. The average molecular weight is 363 g/mol. The second-order valence-electron chi connectivity index (χ2n) is 7.68. The molecule has 0 unspecified atom stereocenters. The van der Waals surface area contributed by atoms with Gasteiger partial charge < -0.3 is 9.47 Å². The van der Waals surface area contributed by atoms with Crippen molar-refractivity contribution in [1.82, 2.24) is 24.6 Å². The first kappa shape index (κ1) is 17.6. The van der Waals surface area contributed by atoms with E-state index in [9.17, 15) is 4.79 Å². The largest absolute Gasteiger partial charge is 0.338 e. The van der Waals surface area contributed by atoms with E-state index in [1.54, 1.807) is 6.33 Å². The summed E-state index contributed by atoms with van der Waals surface area (Å²) in [6, 6.07) is 6.12. The summed E-state index contributed by atoms with van der Waals surface area (Å²) < 4.78 is 1.96. The van der Waals surface area contributed by atoms with Crippen LogP contribution < -0.4 is 0 Å². The maximum Gasteiger partial charge on any atom is 0.254 e. The van der Waals surface area contributed by atoms with Gasteiger partial charge in [-0.15, -0.1) is 10.2 Å². The minimum absolute atomic E-state index is 0.0855. The quantitative estimate of drug-likeness (QED) is 0.701. The fourth-order valence-electron chi connectivity index (χ4n) is 4.19. The second-order valence-corrected chi connectivity index (χ2v) is 7.68. The van der Waals surface area contributed by atoms with E-state index in [1.165, 1.54) is 0 Å². The van der Waals surface area contributed by atoms with Crippen molar-refractivity contribution in [3.63, 3.8) is 0 Å². The number of aromatic nitrogens is 4. The number of benzene rings is 1.